The van der Waals surface area contributed by atoms with E-state index in [0.29, 0.717) is 37.0 Å². The van der Waals surface area contributed by atoms with Gasteiger partial charge in [0.2, 0.25) is 23.6 Å². The zero-order valence-corrected chi connectivity index (χ0v) is 25.4. The number of H-pyrrole nitrogens is 1. The fourth-order valence-electron chi connectivity index (χ4n) is 4.76. The molecule has 4 rings (SSSR count). The lowest BCUT2D eigenvalue weighted by Crippen LogP contribution is -2.48. The zero-order valence-electron chi connectivity index (χ0n) is 25.4. The van der Waals surface area contributed by atoms with Crippen molar-refractivity contribution in [2.24, 2.45) is 0 Å². The van der Waals surface area contributed by atoms with Gasteiger partial charge in [-0.05, 0) is 36.5 Å². The van der Waals surface area contributed by atoms with Gasteiger partial charge in [-0.15, -0.1) is 4.73 Å². The van der Waals surface area contributed by atoms with Gasteiger partial charge in [-0.3, -0.25) is 9.59 Å². The molecular weight excluding hydrogens is 594 g/mol. The van der Waals surface area contributed by atoms with Gasteiger partial charge in [0.1, 0.15) is 12.6 Å². The van der Waals surface area contributed by atoms with Crippen molar-refractivity contribution >= 4 is 34.8 Å². The highest BCUT2D eigenvalue weighted by Gasteiger charge is 2.22. The van der Waals surface area contributed by atoms with E-state index in [1.165, 1.54) is 12.1 Å². The number of aromatic amines is 1. The van der Waals surface area contributed by atoms with Crippen LogP contribution >= 0.6 is 0 Å². The second-order valence-electron chi connectivity index (χ2n) is 10.7. The van der Waals surface area contributed by atoms with Crippen LogP contribution in [-0.2, 0) is 32.1 Å². The summed E-state index contributed by atoms with van der Waals surface area (Å²) >= 11 is 0. The molecule has 0 spiro atoms. The number of hydrogen-bond donors (Lipinski definition) is 6. The summed E-state index contributed by atoms with van der Waals surface area (Å²) < 4.78 is 5.82. The molecule has 3 amide bonds. The Labute approximate surface area is 265 Å². The Bertz CT molecular complexity index is 1580. The molecule has 0 aliphatic carbocycles. The summed E-state index contributed by atoms with van der Waals surface area (Å²) in [7, 11) is 0. The number of unbranched alkanes of at least 4 members (excludes halogenated alkanes) is 2. The van der Waals surface area contributed by atoms with Crippen LogP contribution in [0.1, 0.15) is 49.7 Å². The monoisotopic (exact) mass is 633 g/mol. The average molecular weight is 634 g/mol. The van der Waals surface area contributed by atoms with Gasteiger partial charge < -0.3 is 40.7 Å². The number of carbonyl (C=O) groups is 4. The number of amides is 3. The second-order valence-corrected chi connectivity index (χ2v) is 10.7. The first-order chi connectivity index (χ1) is 22.3. The predicted octanol–water partition coefficient (Wildman–Crippen LogP) is 3.45. The van der Waals surface area contributed by atoms with Crippen molar-refractivity contribution in [3.8, 4) is 11.8 Å². The van der Waals surface area contributed by atoms with E-state index in [2.05, 4.69) is 20.9 Å². The third-order valence-electron chi connectivity index (χ3n) is 7.16. The normalized spacial score (nSPS) is 11.5. The highest BCUT2D eigenvalue weighted by molar-refractivity contribution is 5.89. The highest BCUT2D eigenvalue weighted by Crippen LogP contribution is 2.20. The fraction of sp³-hybridized carbons (Fsp3) is 0.333. The molecule has 2 aromatic heterocycles. The van der Waals surface area contributed by atoms with Crippen molar-refractivity contribution in [1.29, 1.82) is 0 Å². The lowest BCUT2D eigenvalue weighted by Gasteiger charge is -2.18. The Morgan fingerprint density at radius 1 is 0.804 bits per heavy atom. The molecule has 0 radical (unpaired) electrons. The minimum atomic E-state index is -0.826. The van der Waals surface area contributed by atoms with E-state index in [1.807, 2.05) is 60.8 Å². The van der Waals surface area contributed by atoms with Crippen molar-refractivity contribution in [3.63, 3.8) is 0 Å². The van der Waals surface area contributed by atoms with E-state index in [4.69, 9.17) is 9.57 Å². The molecule has 0 saturated carbocycles. The first-order valence-corrected chi connectivity index (χ1v) is 15.2. The maximum atomic E-state index is 13.2. The molecule has 0 aliphatic heterocycles. The number of ether oxygens (including phenoxy) is 1. The number of nitrogens with zero attached hydrogens (tertiary/aromatic N) is 1. The smallest absolute Gasteiger partial charge is 0.407 e. The van der Waals surface area contributed by atoms with Crippen molar-refractivity contribution < 1.29 is 39.0 Å². The summed E-state index contributed by atoms with van der Waals surface area (Å²) in [4.78, 5) is 58.1. The molecule has 0 saturated heterocycles. The standard InChI is InChI=1S/C33H39N5O8/c39-28(14-9-19-35-33(44)45-22-23-10-3-1-4-11-23)37-27(20-24-21-36-26-13-7-6-12-25(24)26)32(43)34-18-8-2-5-15-31(42)46-38-29(40)16-17-30(38)41/h1,3-4,6-7,10-13,16-17,21,27,36,40-41H,2,5,8-9,14-15,18-20,22H2,(H,34,43)(H,35,44)(H,37,39)/t27-/m0/s1. The summed E-state index contributed by atoms with van der Waals surface area (Å²) in [5.74, 6) is -2.05. The van der Waals surface area contributed by atoms with Crippen molar-refractivity contribution in [2.45, 2.75) is 57.6 Å². The van der Waals surface area contributed by atoms with Gasteiger partial charge in [-0.2, -0.15) is 0 Å². The number of fused-ring (bicyclic) bond motifs is 1. The molecule has 0 bridgehead atoms. The van der Waals surface area contributed by atoms with Crippen LogP contribution in [0.5, 0.6) is 11.8 Å². The number of para-hydroxylation sites is 1. The van der Waals surface area contributed by atoms with Gasteiger partial charge >= 0.3 is 12.1 Å². The number of rotatable bonds is 17. The molecular formula is C33H39N5O8. The van der Waals surface area contributed by atoms with Gasteiger partial charge in [0.15, 0.2) is 0 Å². The minimum absolute atomic E-state index is 0.0594. The third kappa shape index (κ3) is 10.3. The number of aromatic hydroxyl groups is 2. The van der Waals surface area contributed by atoms with Gasteiger partial charge in [-0.25, -0.2) is 9.59 Å². The summed E-state index contributed by atoms with van der Waals surface area (Å²) in [6, 6.07) is 18.6. The molecule has 13 nitrogen and oxygen atoms in total. The number of aromatic nitrogens is 2. The van der Waals surface area contributed by atoms with Gasteiger partial charge in [0.05, 0.1) is 0 Å². The molecule has 6 N–H and O–H groups in total. The minimum Gasteiger partial charge on any atom is -0.492 e. The molecule has 0 unspecified atom stereocenters. The van der Waals surface area contributed by atoms with E-state index >= 15 is 0 Å². The zero-order chi connectivity index (χ0) is 32.7. The highest BCUT2D eigenvalue weighted by atomic mass is 16.7. The predicted molar refractivity (Wildman–Crippen MR) is 169 cm³/mol. The fourth-order valence-corrected chi connectivity index (χ4v) is 4.76. The third-order valence-corrected chi connectivity index (χ3v) is 7.16. The lowest BCUT2D eigenvalue weighted by atomic mass is 10.0. The molecule has 4 aromatic rings. The molecule has 46 heavy (non-hydrogen) atoms. The van der Waals surface area contributed by atoms with Gasteiger partial charge in [-0.1, -0.05) is 55.0 Å². The summed E-state index contributed by atoms with van der Waals surface area (Å²) in [6.07, 6.45) is 3.72. The maximum absolute atomic E-state index is 13.2. The molecule has 244 valence electrons. The molecule has 2 aromatic carbocycles. The quantitative estimate of drug-likeness (QED) is 0.0955. The molecule has 2 heterocycles. The van der Waals surface area contributed by atoms with Crippen LogP contribution in [0.25, 0.3) is 10.9 Å². The number of benzene rings is 2. The van der Waals surface area contributed by atoms with E-state index in [-0.39, 0.29) is 44.2 Å². The van der Waals surface area contributed by atoms with Crippen LogP contribution in [0.3, 0.4) is 0 Å². The number of alkyl carbamates (subject to hydrolysis) is 1. The van der Waals surface area contributed by atoms with Crippen LogP contribution in [0.15, 0.2) is 72.9 Å². The Kier molecular flexibility index (Phi) is 12.5. The van der Waals surface area contributed by atoms with Crippen LogP contribution in [0, 0.1) is 0 Å². The Morgan fingerprint density at radius 3 is 2.30 bits per heavy atom. The van der Waals surface area contributed by atoms with Crippen molar-refractivity contribution in [3.05, 3.63) is 84.1 Å². The van der Waals surface area contributed by atoms with Crippen LogP contribution in [0.2, 0.25) is 0 Å². The topological polar surface area (TPSA) is 184 Å². The van der Waals surface area contributed by atoms with E-state index in [1.54, 1.807) is 0 Å². The first kappa shape index (κ1) is 33.4. The lowest BCUT2D eigenvalue weighted by molar-refractivity contribution is -0.145. The SMILES string of the molecule is O=C(CCCNC(=O)OCc1ccccc1)N[C@@H](Cc1c[nH]c2ccccc12)C(=O)NCCCCCC(=O)On1c(O)ccc1O. The average Bonchev–Trinajstić information content (AvgIpc) is 3.61. The molecule has 1 atom stereocenters. The number of carbonyl (C=O) groups excluding carboxylic acids is 4. The first-order valence-electron chi connectivity index (χ1n) is 15.2. The van der Waals surface area contributed by atoms with Crippen molar-refractivity contribution in [2.75, 3.05) is 13.1 Å². The van der Waals surface area contributed by atoms with Crippen LogP contribution in [0.4, 0.5) is 4.79 Å². The van der Waals surface area contributed by atoms with Crippen LogP contribution in [-0.4, -0.2) is 62.9 Å². The Balaban J connectivity index is 1.20. The van der Waals surface area contributed by atoms with E-state index in [0.717, 1.165) is 22.0 Å². The molecule has 13 heteroatoms. The Morgan fingerprint density at radius 2 is 1.52 bits per heavy atom. The van der Waals surface area contributed by atoms with Gasteiger partial charge in [0, 0.05) is 61.6 Å². The molecule has 0 fully saturated rings. The number of hydrogen-bond acceptors (Lipinski definition) is 8. The maximum Gasteiger partial charge on any atom is 0.407 e. The second kappa shape index (κ2) is 17.1. The Hall–Kier alpha value is -5.46. The summed E-state index contributed by atoms with van der Waals surface area (Å²) in [5.41, 5.74) is 2.68. The molecule has 0 aliphatic rings. The van der Waals surface area contributed by atoms with E-state index < -0.39 is 29.9 Å². The largest absolute Gasteiger partial charge is 0.492 e. The summed E-state index contributed by atoms with van der Waals surface area (Å²) in [5, 5.41) is 28.4. The summed E-state index contributed by atoms with van der Waals surface area (Å²) in [6.45, 7) is 0.722. The van der Waals surface area contributed by atoms with Crippen molar-refractivity contribution in [1.82, 2.24) is 25.7 Å². The van der Waals surface area contributed by atoms with E-state index in [9.17, 15) is 29.4 Å². The number of nitrogens with one attached hydrogen (secondary N) is 4. The van der Waals surface area contributed by atoms with Gasteiger partial charge in [0.25, 0.3) is 0 Å². The van der Waals surface area contributed by atoms with Crippen LogP contribution < -0.4 is 20.8 Å².